The number of hydrogen-bond donors (Lipinski definition) is 1. The smallest absolute Gasteiger partial charge is 0.0459 e. The molecule has 1 nitrogen and oxygen atoms in total. The zero-order valence-corrected chi connectivity index (χ0v) is 12.0. The van der Waals surface area contributed by atoms with E-state index in [0.29, 0.717) is 12.5 Å². The van der Waals surface area contributed by atoms with E-state index in [0.717, 1.165) is 18.8 Å². The molecule has 10 heavy (non-hydrogen) atoms. The topological polar surface area (TPSA) is 20.2 Å². The third kappa shape index (κ3) is 7.51. The SMILES string of the molecule is CC[C@H](CO)CC(C)C.[Ac]. The monoisotopic (exact) mass is 357 g/mol. The van der Waals surface area contributed by atoms with E-state index in [4.69, 9.17) is 5.11 Å². The Kier molecular flexibility index (Phi) is 11.9. The van der Waals surface area contributed by atoms with E-state index >= 15 is 0 Å². The number of rotatable bonds is 4. The molecule has 0 aliphatic carbocycles. The average Bonchev–Trinajstić information content (AvgIpc) is 1.82. The maximum absolute atomic E-state index is 8.77. The molecule has 0 spiro atoms. The minimum atomic E-state index is 0. The molecule has 0 aliphatic heterocycles. The Balaban J connectivity index is 0. The second-order valence-electron chi connectivity index (χ2n) is 3.09. The van der Waals surface area contributed by atoms with Crippen LogP contribution < -0.4 is 0 Å². The van der Waals surface area contributed by atoms with Gasteiger partial charge in [0.2, 0.25) is 0 Å². The summed E-state index contributed by atoms with van der Waals surface area (Å²) in [7, 11) is 0. The maximum Gasteiger partial charge on any atom is 0.0459 e. The van der Waals surface area contributed by atoms with Crippen LogP contribution in [0.25, 0.3) is 0 Å². The number of aliphatic hydroxyl groups is 1. The van der Waals surface area contributed by atoms with Crippen molar-refractivity contribution < 1.29 is 49.2 Å². The summed E-state index contributed by atoms with van der Waals surface area (Å²) in [5.41, 5.74) is 0. The average molecular weight is 357 g/mol. The Morgan fingerprint density at radius 2 is 1.80 bits per heavy atom. The Hall–Kier alpha value is 1.40. The van der Waals surface area contributed by atoms with Gasteiger partial charge in [0.25, 0.3) is 0 Å². The zero-order valence-electron chi connectivity index (χ0n) is 7.30. The van der Waals surface area contributed by atoms with Crippen molar-refractivity contribution in [1.29, 1.82) is 0 Å². The molecule has 1 atom stereocenters. The van der Waals surface area contributed by atoms with E-state index < -0.39 is 0 Å². The molecule has 0 rings (SSSR count). The van der Waals surface area contributed by atoms with Crippen molar-refractivity contribution in [3.05, 3.63) is 0 Å². The van der Waals surface area contributed by atoms with Crippen LogP contribution in [-0.4, -0.2) is 11.7 Å². The van der Waals surface area contributed by atoms with Gasteiger partial charge in [0.15, 0.2) is 0 Å². The van der Waals surface area contributed by atoms with Gasteiger partial charge in [-0.25, -0.2) is 0 Å². The van der Waals surface area contributed by atoms with Crippen molar-refractivity contribution in [3.63, 3.8) is 0 Å². The third-order valence-corrected chi connectivity index (χ3v) is 1.64. The molecular formula is C8H18AcO. The number of aliphatic hydroxyl groups excluding tert-OH is 1. The van der Waals surface area contributed by atoms with Gasteiger partial charge in [-0.1, -0.05) is 27.2 Å². The first-order valence-corrected chi connectivity index (χ1v) is 3.81. The molecular weight excluding hydrogens is 339 g/mol. The van der Waals surface area contributed by atoms with Crippen molar-refractivity contribution in [2.75, 3.05) is 6.61 Å². The van der Waals surface area contributed by atoms with Crippen LogP contribution in [0.3, 0.4) is 0 Å². The largest absolute Gasteiger partial charge is 0.396 e. The predicted octanol–water partition coefficient (Wildman–Crippen LogP) is 2.05. The van der Waals surface area contributed by atoms with Gasteiger partial charge in [-0.05, 0) is 18.3 Å². The molecule has 2 heteroatoms. The van der Waals surface area contributed by atoms with E-state index in [1.165, 1.54) is 0 Å². The fourth-order valence-electron chi connectivity index (χ4n) is 1.04. The van der Waals surface area contributed by atoms with Crippen LogP contribution in [-0.2, 0) is 0 Å². The second-order valence-corrected chi connectivity index (χ2v) is 3.09. The first-order chi connectivity index (χ1) is 4.20. The molecule has 0 fully saturated rings. The van der Waals surface area contributed by atoms with Crippen LogP contribution in [0.2, 0.25) is 0 Å². The second kappa shape index (κ2) is 8.50. The fourth-order valence-corrected chi connectivity index (χ4v) is 1.04. The van der Waals surface area contributed by atoms with E-state index in [2.05, 4.69) is 20.8 Å². The van der Waals surface area contributed by atoms with E-state index in [-0.39, 0.29) is 44.1 Å². The molecule has 1 N–H and O–H groups in total. The van der Waals surface area contributed by atoms with Gasteiger partial charge in [0, 0.05) is 50.7 Å². The summed E-state index contributed by atoms with van der Waals surface area (Å²) in [5.74, 6) is 1.26. The van der Waals surface area contributed by atoms with Gasteiger partial charge in [0.05, 0.1) is 0 Å². The zero-order chi connectivity index (χ0) is 7.28. The minimum Gasteiger partial charge on any atom is -0.396 e. The Labute approximate surface area is 100 Å². The molecule has 0 heterocycles. The minimum absolute atomic E-state index is 0. The fraction of sp³-hybridized carbons (Fsp3) is 1.00. The maximum atomic E-state index is 8.77. The Bertz CT molecular complexity index is 60.3. The van der Waals surface area contributed by atoms with Gasteiger partial charge in [-0.2, -0.15) is 0 Å². The summed E-state index contributed by atoms with van der Waals surface area (Å²) in [4.78, 5) is 0. The summed E-state index contributed by atoms with van der Waals surface area (Å²) < 4.78 is 0. The van der Waals surface area contributed by atoms with Crippen LogP contribution in [0, 0.1) is 55.9 Å². The van der Waals surface area contributed by atoms with Gasteiger partial charge in [-0.3, -0.25) is 0 Å². The van der Waals surface area contributed by atoms with Crippen molar-refractivity contribution in [2.45, 2.75) is 33.6 Å². The van der Waals surface area contributed by atoms with Crippen molar-refractivity contribution in [1.82, 2.24) is 0 Å². The summed E-state index contributed by atoms with van der Waals surface area (Å²) in [6.45, 7) is 6.87. The normalized spacial score (nSPS) is 12.9. The van der Waals surface area contributed by atoms with Crippen molar-refractivity contribution in [3.8, 4) is 0 Å². The molecule has 0 aromatic carbocycles. The predicted molar refractivity (Wildman–Crippen MR) is 40.3 cm³/mol. The van der Waals surface area contributed by atoms with Gasteiger partial charge < -0.3 is 5.11 Å². The molecule has 0 aromatic rings. The van der Waals surface area contributed by atoms with E-state index in [1.807, 2.05) is 0 Å². The summed E-state index contributed by atoms with van der Waals surface area (Å²) in [6, 6.07) is 0. The van der Waals surface area contributed by atoms with E-state index in [1.54, 1.807) is 0 Å². The molecule has 59 valence electrons. The van der Waals surface area contributed by atoms with Crippen LogP contribution in [0.5, 0.6) is 0 Å². The molecule has 1 radical (unpaired) electrons. The van der Waals surface area contributed by atoms with Crippen molar-refractivity contribution >= 4 is 0 Å². The molecule has 0 aromatic heterocycles. The van der Waals surface area contributed by atoms with Crippen molar-refractivity contribution in [2.24, 2.45) is 11.8 Å². The summed E-state index contributed by atoms with van der Waals surface area (Å²) >= 11 is 0. The first kappa shape index (κ1) is 14.0. The molecule has 0 saturated carbocycles. The van der Waals surface area contributed by atoms with E-state index in [9.17, 15) is 0 Å². The Morgan fingerprint density at radius 3 is 1.90 bits per heavy atom. The molecule has 0 aliphatic rings. The van der Waals surface area contributed by atoms with Gasteiger partial charge >= 0.3 is 0 Å². The van der Waals surface area contributed by atoms with Gasteiger partial charge in [0.1, 0.15) is 0 Å². The third-order valence-electron chi connectivity index (χ3n) is 1.64. The van der Waals surface area contributed by atoms with Crippen LogP contribution in [0.15, 0.2) is 0 Å². The molecule has 0 unspecified atom stereocenters. The Morgan fingerprint density at radius 1 is 1.30 bits per heavy atom. The molecule has 0 amide bonds. The standard InChI is InChI=1S/C8H18O.Ac/c1-4-8(6-9)5-7(2)3;/h7-9H,4-6H2,1-3H3;/t8-;/m0./s1. The van der Waals surface area contributed by atoms with Gasteiger partial charge in [-0.15, -0.1) is 0 Å². The van der Waals surface area contributed by atoms with Crippen LogP contribution in [0.1, 0.15) is 33.6 Å². The van der Waals surface area contributed by atoms with Crippen LogP contribution >= 0.6 is 0 Å². The quantitative estimate of drug-likeness (QED) is 0.817. The number of hydrogen-bond acceptors (Lipinski definition) is 1. The first-order valence-electron chi connectivity index (χ1n) is 3.81. The molecule has 0 bridgehead atoms. The molecule has 0 saturated heterocycles. The van der Waals surface area contributed by atoms with Crippen LogP contribution in [0.4, 0.5) is 0 Å². The summed E-state index contributed by atoms with van der Waals surface area (Å²) in [5, 5.41) is 8.77. The summed E-state index contributed by atoms with van der Waals surface area (Å²) in [6.07, 6.45) is 2.27.